The average Bonchev–Trinajstić information content (AvgIpc) is 3.00. The number of nitrogens with zero attached hydrogens (tertiary/aromatic N) is 2. The molecule has 1 saturated heterocycles. The first-order valence-corrected chi connectivity index (χ1v) is 9.31. The van der Waals surface area contributed by atoms with Crippen molar-refractivity contribution >= 4 is 10.0 Å². The lowest BCUT2D eigenvalue weighted by Crippen LogP contribution is -2.40. The highest BCUT2D eigenvalue weighted by Gasteiger charge is 2.40. The maximum atomic E-state index is 13.2. The van der Waals surface area contributed by atoms with Gasteiger partial charge >= 0.3 is 6.18 Å². The molecule has 1 atom stereocenters. The molecule has 1 unspecified atom stereocenters. The van der Waals surface area contributed by atoms with Gasteiger partial charge in [-0.2, -0.15) is 22.6 Å². The molecule has 5 nitrogen and oxygen atoms in total. The molecule has 0 aliphatic carbocycles. The van der Waals surface area contributed by atoms with E-state index < -0.39 is 26.7 Å². The zero-order valence-corrected chi connectivity index (χ0v) is 14.4. The first-order valence-electron chi connectivity index (χ1n) is 7.87. The molecular formula is C16H18F3N3O2S. The third kappa shape index (κ3) is 3.43. The van der Waals surface area contributed by atoms with Crippen LogP contribution in [-0.2, 0) is 16.2 Å². The van der Waals surface area contributed by atoms with Crippen molar-refractivity contribution in [3.05, 3.63) is 47.3 Å². The van der Waals surface area contributed by atoms with Crippen LogP contribution in [0.3, 0.4) is 0 Å². The molecule has 1 aliphatic rings. The van der Waals surface area contributed by atoms with E-state index in [0.29, 0.717) is 6.42 Å². The van der Waals surface area contributed by atoms with Gasteiger partial charge in [0.1, 0.15) is 0 Å². The number of nitrogens with one attached hydrogen (secondary N) is 1. The fourth-order valence-electron chi connectivity index (χ4n) is 3.23. The normalized spacial score (nSPS) is 19.9. The average molecular weight is 373 g/mol. The summed E-state index contributed by atoms with van der Waals surface area (Å²) < 4.78 is 66.5. The van der Waals surface area contributed by atoms with Gasteiger partial charge in [0.15, 0.2) is 0 Å². The van der Waals surface area contributed by atoms with E-state index in [-0.39, 0.29) is 19.0 Å². The van der Waals surface area contributed by atoms with Gasteiger partial charge in [-0.1, -0.05) is 12.1 Å². The van der Waals surface area contributed by atoms with Crippen LogP contribution in [0.5, 0.6) is 0 Å². The Morgan fingerprint density at radius 3 is 2.64 bits per heavy atom. The van der Waals surface area contributed by atoms with Gasteiger partial charge < -0.3 is 0 Å². The lowest BCUT2D eigenvalue weighted by atomic mass is 9.94. The molecule has 0 spiro atoms. The molecular weight excluding hydrogens is 355 g/mol. The predicted molar refractivity (Wildman–Crippen MR) is 85.5 cm³/mol. The largest absolute Gasteiger partial charge is 0.417 e. The second kappa shape index (κ2) is 6.45. The number of alkyl halides is 3. The summed E-state index contributed by atoms with van der Waals surface area (Å²) >= 11 is 0. The minimum atomic E-state index is -4.72. The Labute approximate surface area is 143 Å². The first-order chi connectivity index (χ1) is 11.7. The number of benzene rings is 1. The smallest absolute Gasteiger partial charge is 0.282 e. The lowest BCUT2D eigenvalue weighted by Gasteiger charge is -2.32. The fraction of sp³-hybridized carbons (Fsp3) is 0.438. The molecule has 1 fully saturated rings. The molecule has 0 bridgehead atoms. The number of halogens is 3. The minimum Gasteiger partial charge on any atom is -0.282 e. The molecule has 1 aromatic carbocycles. The summed E-state index contributed by atoms with van der Waals surface area (Å²) in [6.45, 7) is 2.21. The molecule has 25 heavy (non-hydrogen) atoms. The van der Waals surface area contributed by atoms with E-state index in [2.05, 4.69) is 10.2 Å². The van der Waals surface area contributed by atoms with Crippen LogP contribution in [0.25, 0.3) is 0 Å². The summed E-state index contributed by atoms with van der Waals surface area (Å²) in [5.41, 5.74) is 0.624. The van der Waals surface area contributed by atoms with Crippen LogP contribution in [0.1, 0.15) is 35.6 Å². The predicted octanol–water partition coefficient (Wildman–Crippen LogP) is 3.31. The van der Waals surface area contributed by atoms with Crippen LogP contribution >= 0.6 is 0 Å². The van der Waals surface area contributed by atoms with Crippen molar-refractivity contribution in [3.8, 4) is 0 Å². The molecule has 0 saturated carbocycles. The van der Waals surface area contributed by atoms with E-state index in [1.165, 1.54) is 12.1 Å². The summed E-state index contributed by atoms with van der Waals surface area (Å²) in [6, 6.07) is 4.31. The van der Waals surface area contributed by atoms with Crippen molar-refractivity contribution in [3.63, 3.8) is 0 Å². The number of hydrogen-bond donors (Lipinski definition) is 1. The van der Waals surface area contributed by atoms with Gasteiger partial charge in [0.2, 0.25) is 10.0 Å². The monoisotopic (exact) mass is 373 g/mol. The van der Waals surface area contributed by atoms with Gasteiger partial charge in [0, 0.05) is 24.7 Å². The van der Waals surface area contributed by atoms with Gasteiger partial charge in [0.05, 0.1) is 16.7 Å². The summed E-state index contributed by atoms with van der Waals surface area (Å²) in [4.78, 5) is -0.690. The molecule has 1 aromatic heterocycles. The first kappa shape index (κ1) is 17.9. The Morgan fingerprint density at radius 1 is 1.28 bits per heavy atom. The summed E-state index contributed by atoms with van der Waals surface area (Å²) in [5.74, 6) is -0.107. The number of sulfonamides is 1. The molecule has 3 rings (SSSR count). The number of hydrogen-bond acceptors (Lipinski definition) is 3. The fourth-order valence-corrected chi connectivity index (χ4v) is 4.97. The molecule has 1 aliphatic heterocycles. The molecule has 0 amide bonds. The van der Waals surface area contributed by atoms with E-state index in [4.69, 9.17) is 0 Å². The number of piperidine rings is 1. The van der Waals surface area contributed by atoms with Crippen molar-refractivity contribution in [1.29, 1.82) is 0 Å². The number of H-pyrrole nitrogens is 1. The van der Waals surface area contributed by atoms with E-state index in [1.54, 1.807) is 6.20 Å². The molecule has 9 heteroatoms. The summed E-state index contributed by atoms with van der Waals surface area (Å²) in [5, 5.41) is 6.82. The van der Waals surface area contributed by atoms with Gasteiger partial charge in [-0.15, -0.1) is 0 Å². The van der Waals surface area contributed by atoms with Gasteiger partial charge in [0.25, 0.3) is 0 Å². The highest BCUT2D eigenvalue weighted by atomic mass is 32.2. The van der Waals surface area contributed by atoms with Gasteiger partial charge in [-0.3, -0.25) is 5.10 Å². The Balaban J connectivity index is 1.94. The molecule has 2 heterocycles. The summed E-state index contributed by atoms with van der Waals surface area (Å²) in [7, 11) is -4.23. The Bertz CT molecular complexity index is 862. The van der Waals surface area contributed by atoms with Gasteiger partial charge in [-0.25, -0.2) is 8.42 Å². The molecule has 2 aromatic rings. The number of rotatable bonds is 3. The zero-order valence-electron chi connectivity index (χ0n) is 13.5. The second-order valence-electron chi connectivity index (χ2n) is 6.16. The van der Waals surface area contributed by atoms with E-state index >= 15 is 0 Å². The number of aromatic amines is 1. The Hall–Kier alpha value is -1.87. The third-order valence-corrected chi connectivity index (χ3v) is 6.39. The SMILES string of the molecule is Cc1cn[nH]c1C1CCCN(S(=O)(=O)c2ccccc2C(F)(F)F)C1. The highest BCUT2D eigenvalue weighted by Crippen LogP contribution is 2.37. The Kier molecular flexibility index (Phi) is 4.63. The summed E-state index contributed by atoms with van der Waals surface area (Å²) in [6.07, 6.45) is -1.73. The number of aromatic nitrogens is 2. The molecule has 1 N–H and O–H groups in total. The van der Waals surface area contributed by atoms with Crippen LogP contribution in [-0.4, -0.2) is 36.0 Å². The van der Waals surface area contributed by atoms with Crippen LogP contribution in [0.4, 0.5) is 13.2 Å². The Morgan fingerprint density at radius 2 is 2.00 bits per heavy atom. The number of aryl methyl sites for hydroxylation is 1. The van der Waals surface area contributed by atoms with Crippen molar-refractivity contribution in [1.82, 2.24) is 14.5 Å². The maximum Gasteiger partial charge on any atom is 0.417 e. The molecule has 0 radical (unpaired) electrons. The molecule has 136 valence electrons. The van der Waals surface area contributed by atoms with E-state index in [1.807, 2.05) is 6.92 Å². The topological polar surface area (TPSA) is 66.1 Å². The van der Waals surface area contributed by atoms with Crippen LogP contribution in [0.15, 0.2) is 35.4 Å². The second-order valence-corrected chi connectivity index (χ2v) is 8.07. The van der Waals surface area contributed by atoms with Crippen LogP contribution in [0.2, 0.25) is 0 Å². The third-order valence-electron chi connectivity index (χ3n) is 4.47. The lowest BCUT2D eigenvalue weighted by molar-refractivity contribution is -0.139. The van der Waals surface area contributed by atoms with E-state index in [9.17, 15) is 21.6 Å². The quantitative estimate of drug-likeness (QED) is 0.898. The van der Waals surface area contributed by atoms with E-state index in [0.717, 1.165) is 34.1 Å². The van der Waals surface area contributed by atoms with Crippen molar-refractivity contribution in [2.24, 2.45) is 0 Å². The van der Waals surface area contributed by atoms with Crippen LogP contribution < -0.4 is 0 Å². The van der Waals surface area contributed by atoms with Crippen molar-refractivity contribution < 1.29 is 21.6 Å². The van der Waals surface area contributed by atoms with Crippen molar-refractivity contribution in [2.75, 3.05) is 13.1 Å². The van der Waals surface area contributed by atoms with Crippen molar-refractivity contribution in [2.45, 2.75) is 36.8 Å². The minimum absolute atomic E-state index is 0.107. The standard InChI is InChI=1S/C16H18F3N3O2S/c1-11-9-20-21-15(11)12-5-4-8-22(10-12)25(23,24)14-7-3-2-6-13(14)16(17,18)19/h2-3,6-7,9,12H,4-5,8,10H2,1H3,(H,20,21). The zero-order chi connectivity index (χ0) is 18.2. The maximum absolute atomic E-state index is 13.2. The van der Waals surface area contributed by atoms with Gasteiger partial charge in [-0.05, 0) is 37.5 Å². The highest BCUT2D eigenvalue weighted by molar-refractivity contribution is 7.89. The van der Waals surface area contributed by atoms with Crippen LogP contribution in [0, 0.1) is 6.92 Å².